The summed E-state index contributed by atoms with van der Waals surface area (Å²) >= 11 is 0. The molecule has 0 aliphatic carbocycles. The SMILES string of the molecule is COc1ccccc1S(C)(=O)=NC(=O)c1cnn(-c2ccc(-c3noc(C(F)(F)F)n3)cc2)c1. The van der Waals surface area contributed by atoms with E-state index in [4.69, 9.17) is 4.74 Å². The second kappa shape index (κ2) is 8.74. The predicted molar refractivity (Wildman–Crippen MR) is 114 cm³/mol. The first kappa shape index (κ1) is 23.2. The molecule has 1 unspecified atom stereocenters. The number of nitrogens with zero attached hydrogens (tertiary/aromatic N) is 5. The molecule has 0 aliphatic rings. The number of carbonyl (C=O) groups excluding carboxylic acids is 1. The minimum absolute atomic E-state index is 0.0986. The van der Waals surface area contributed by atoms with Crippen molar-refractivity contribution < 1.29 is 31.4 Å². The first-order chi connectivity index (χ1) is 16.1. The maximum absolute atomic E-state index is 13.1. The van der Waals surface area contributed by atoms with Gasteiger partial charge in [-0.05, 0) is 36.4 Å². The summed E-state index contributed by atoms with van der Waals surface area (Å²) < 4.78 is 65.7. The van der Waals surface area contributed by atoms with Crippen molar-refractivity contribution >= 4 is 15.6 Å². The van der Waals surface area contributed by atoms with Gasteiger partial charge in [0, 0.05) is 18.0 Å². The van der Waals surface area contributed by atoms with Gasteiger partial charge in [0.25, 0.3) is 5.91 Å². The summed E-state index contributed by atoms with van der Waals surface area (Å²) in [5.74, 6) is -2.03. The molecule has 0 saturated carbocycles. The molecule has 4 aromatic rings. The number of carbonyl (C=O) groups is 1. The Labute approximate surface area is 191 Å². The van der Waals surface area contributed by atoms with E-state index >= 15 is 0 Å². The minimum atomic E-state index is -4.73. The highest BCUT2D eigenvalue weighted by Gasteiger charge is 2.38. The zero-order valence-electron chi connectivity index (χ0n) is 17.7. The third kappa shape index (κ3) is 4.69. The molecular weight excluding hydrogens is 475 g/mol. The highest BCUT2D eigenvalue weighted by atomic mass is 32.2. The van der Waals surface area contributed by atoms with Crippen molar-refractivity contribution in [1.82, 2.24) is 19.9 Å². The summed E-state index contributed by atoms with van der Waals surface area (Å²) in [6.07, 6.45) is -0.725. The molecule has 0 saturated heterocycles. The Kier molecular flexibility index (Phi) is 5.96. The fourth-order valence-corrected chi connectivity index (χ4v) is 4.36. The molecule has 2 aromatic heterocycles. The third-order valence-corrected chi connectivity index (χ3v) is 6.29. The van der Waals surface area contributed by atoms with Crippen LogP contribution in [0.5, 0.6) is 5.75 Å². The van der Waals surface area contributed by atoms with Crippen molar-refractivity contribution in [3.63, 3.8) is 0 Å². The van der Waals surface area contributed by atoms with Crippen molar-refractivity contribution in [2.45, 2.75) is 11.1 Å². The Morgan fingerprint density at radius 3 is 2.50 bits per heavy atom. The number of benzene rings is 2. The van der Waals surface area contributed by atoms with Crippen LogP contribution in [0.15, 0.2) is 74.7 Å². The van der Waals surface area contributed by atoms with Crippen LogP contribution in [-0.2, 0) is 15.9 Å². The summed E-state index contributed by atoms with van der Waals surface area (Å²) in [5.41, 5.74) is 0.898. The van der Waals surface area contributed by atoms with E-state index in [1.54, 1.807) is 36.4 Å². The molecule has 0 fully saturated rings. The number of alkyl halides is 3. The Morgan fingerprint density at radius 1 is 1.15 bits per heavy atom. The first-order valence-corrected chi connectivity index (χ1v) is 11.5. The lowest BCUT2D eigenvalue weighted by Crippen LogP contribution is -2.05. The summed E-state index contributed by atoms with van der Waals surface area (Å²) in [6, 6.07) is 12.6. The van der Waals surface area contributed by atoms with E-state index in [1.807, 2.05) is 0 Å². The number of para-hydroxylation sites is 1. The average molecular weight is 491 g/mol. The van der Waals surface area contributed by atoms with E-state index in [0.717, 1.165) is 0 Å². The van der Waals surface area contributed by atoms with Gasteiger partial charge in [-0.1, -0.05) is 17.3 Å². The van der Waals surface area contributed by atoms with Crippen LogP contribution < -0.4 is 4.74 Å². The fourth-order valence-electron chi connectivity index (χ4n) is 2.99. The summed E-state index contributed by atoms with van der Waals surface area (Å²) in [7, 11) is -1.66. The maximum atomic E-state index is 13.1. The number of methoxy groups -OCH3 is 1. The molecular formula is C21H16F3N5O4S. The molecule has 0 radical (unpaired) electrons. The summed E-state index contributed by atoms with van der Waals surface area (Å²) in [5, 5.41) is 7.43. The van der Waals surface area contributed by atoms with Gasteiger partial charge >= 0.3 is 12.1 Å². The molecule has 9 nitrogen and oxygen atoms in total. The maximum Gasteiger partial charge on any atom is 0.471 e. The minimum Gasteiger partial charge on any atom is -0.495 e. The van der Waals surface area contributed by atoms with Crippen LogP contribution in [0.3, 0.4) is 0 Å². The zero-order valence-corrected chi connectivity index (χ0v) is 18.5. The molecule has 2 heterocycles. The van der Waals surface area contributed by atoms with E-state index in [1.165, 1.54) is 42.6 Å². The fraction of sp³-hybridized carbons (Fsp3) is 0.143. The highest BCUT2D eigenvalue weighted by molar-refractivity contribution is 7.93. The van der Waals surface area contributed by atoms with Gasteiger partial charge < -0.3 is 9.26 Å². The van der Waals surface area contributed by atoms with Gasteiger partial charge in [-0.25, -0.2) is 8.89 Å². The number of aromatic nitrogens is 4. The normalized spacial score (nSPS) is 13.3. The van der Waals surface area contributed by atoms with Crippen LogP contribution >= 0.6 is 0 Å². The largest absolute Gasteiger partial charge is 0.495 e. The number of hydrogen-bond donors (Lipinski definition) is 0. The van der Waals surface area contributed by atoms with Crippen LogP contribution in [0.2, 0.25) is 0 Å². The van der Waals surface area contributed by atoms with Crippen LogP contribution in [0.1, 0.15) is 16.2 Å². The van der Waals surface area contributed by atoms with Crippen LogP contribution in [-0.4, -0.2) is 43.4 Å². The molecule has 2 aromatic carbocycles. The molecule has 1 atom stereocenters. The second-order valence-corrected chi connectivity index (χ2v) is 9.22. The Hall–Kier alpha value is -4.00. The lowest BCUT2D eigenvalue weighted by atomic mass is 10.2. The number of amides is 1. The third-order valence-electron chi connectivity index (χ3n) is 4.62. The lowest BCUT2D eigenvalue weighted by Gasteiger charge is -2.09. The predicted octanol–water partition coefficient (Wildman–Crippen LogP) is 4.25. The van der Waals surface area contributed by atoms with Gasteiger partial charge in [0.15, 0.2) is 0 Å². The zero-order chi connectivity index (χ0) is 24.5. The number of hydrogen-bond acceptors (Lipinski definition) is 7. The molecule has 0 N–H and O–H groups in total. The molecule has 13 heteroatoms. The van der Waals surface area contributed by atoms with Crippen molar-refractivity contribution in [3.05, 3.63) is 72.4 Å². The molecule has 34 heavy (non-hydrogen) atoms. The van der Waals surface area contributed by atoms with Crippen molar-refractivity contribution in [2.75, 3.05) is 13.4 Å². The quantitative estimate of drug-likeness (QED) is 0.410. The smallest absolute Gasteiger partial charge is 0.471 e. The van der Waals surface area contributed by atoms with Gasteiger partial charge in [-0.3, -0.25) is 4.79 Å². The highest BCUT2D eigenvalue weighted by Crippen LogP contribution is 2.29. The van der Waals surface area contributed by atoms with Crippen molar-refractivity contribution in [2.24, 2.45) is 4.36 Å². The Bertz CT molecular complexity index is 1470. The van der Waals surface area contributed by atoms with E-state index in [-0.39, 0.29) is 11.4 Å². The Balaban J connectivity index is 1.56. The van der Waals surface area contributed by atoms with Crippen LogP contribution in [0, 0.1) is 0 Å². The lowest BCUT2D eigenvalue weighted by molar-refractivity contribution is -0.159. The monoisotopic (exact) mass is 491 g/mol. The molecule has 176 valence electrons. The summed E-state index contributed by atoms with van der Waals surface area (Å²) in [4.78, 5) is 16.3. The Morgan fingerprint density at radius 2 is 1.85 bits per heavy atom. The van der Waals surface area contributed by atoms with Crippen molar-refractivity contribution in [3.8, 4) is 22.8 Å². The van der Waals surface area contributed by atoms with E-state index in [2.05, 4.69) is 24.1 Å². The standard InChI is InChI=1S/C21H16F3N5O4S/c1-32-16-5-3-4-6-17(16)34(2,31)28-19(30)14-11-25-29(12-14)15-9-7-13(8-10-15)18-26-20(33-27-18)21(22,23)24/h3-12H,1-2H3. The van der Waals surface area contributed by atoms with E-state index in [9.17, 15) is 22.2 Å². The first-order valence-electron chi connectivity index (χ1n) is 9.54. The van der Waals surface area contributed by atoms with Gasteiger partial charge in [0.05, 0.1) is 39.2 Å². The number of ether oxygens (including phenoxy) is 1. The van der Waals surface area contributed by atoms with Gasteiger partial charge in [0.1, 0.15) is 5.75 Å². The van der Waals surface area contributed by atoms with Gasteiger partial charge in [0.2, 0.25) is 5.82 Å². The average Bonchev–Trinajstić information content (AvgIpc) is 3.49. The van der Waals surface area contributed by atoms with Gasteiger partial charge in [-0.15, -0.1) is 0 Å². The van der Waals surface area contributed by atoms with Crippen molar-refractivity contribution in [1.29, 1.82) is 0 Å². The molecule has 0 bridgehead atoms. The van der Waals surface area contributed by atoms with E-state index < -0.39 is 27.7 Å². The van der Waals surface area contributed by atoms with Crippen LogP contribution in [0.4, 0.5) is 13.2 Å². The van der Waals surface area contributed by atoms with Crippen LogP contribution in [0.25, 0.3) is 17.1 Å². The van der Waals surface area contributed by atoms with Gasteiger partial charge in [-0.2, -0.15) is 27.6 Å². The molecule has 0 spiro atoms. The second-order valence-electron chi connectivity index (χ2n) is 6.99. The number of rotatable bonds is 5. The topological polar surface area (TPSA) is 112 Å². The molecule has 4 rings (SSSR count). The summed E-state index contributed by atoms with van der Waals surface area (Å²) in [6.45, 7) is 0. The van der Waals surface area contributed by atoms with E-state index in [0.29, 0.717) is 21.9 Å². The number of halogens is 3. The molecule has 1 amide bonds. The molecule has 0 aliphatic heterocycles.